The minimum Gasteiger partial charge on any atom is -0.497 e. The third-order valence-corrected chi connectivity index (χ3v) is 3.59. The molecule has 0 fully saturated rings. The SMILES string of the molecule is COc1ccc(-n2cccc2C=Nc2ccc(C(=O)O)cc2)cc1. The lowest BCUT2D eigenvalue weighted by Crippen LogP contribution is -1.98. The second-order valence-corrected chi connectivity index (χ2v) is 5.11. The van der Waals surface area contributed by atoms with Gasteiger partial charge in [-0.05, 0) is 60.7 Å². The number of nitrogens with zero attached hydrogens (tertiary/aromatic N) is 2. The molecule has 0 saturated heterocycles. The highest BCUT2D eigenvalue weighted by Gasteiger charge is 2.03. The number of aliphatic imine (C=N–C) groups is 1. The molecule has 120 valence electrons. The maximum atomic E-state index is 10.9. The molecule has 0 atom stereocenters. The standard InChI is InChI=1S/C19H16N2O3/c1-24-18-10-8-16(9-11-18)21-12-2-3-17(21)13-20-15-6-4-14(5-7-15)19(22)23/h2-13H,1H3,(H,22,23). The van der Waals surface area contributed by atoms with Gasteiger partial charge in [0.2, 0.25) is 0 Å². The van der Waals surface area contributed by atoms with E-state index in [4.69, 9.17) is 9.84 Å². The van der Waals surface area contributed by atoms with Gasteiger partial charge in [-0.2, -0.15) is 0 Å². The van der Waals surface area contributed by atoms with Gasteiger partial charge in [-0.15, -0.1) is 0 Å². The second kappa shape index (κ2) is 6.83. The van der Waals surface area contributed by atoms with Crippen LogP contribution < -0.4 is 4.74 Å². The minimum absolute atomic E-state index is 0.246. The Hall–Kier alpha value is -3.34. The molecule has 24 heavy (non-hydrogen) atoms. The second-order valence-electron chi connectivity index (χ2n) is 5.11. The first kappa shape index (κ1) is 15.6. The summed E-state index contributed by atoms with van der Waals surface area (Å²) in [5.41, 5.74) is 2.86. The van der Waals surface area contributed by atoms with Gasteiger partial charge >= 0.3 is 5.97 Å². The fraction of sp³-hybridized carbons (Fsp3) is 0.0526. The van der Waals surface area contributed by atoms with Gasteiger partial charge in [0, 0.05) is 11.9 Å². The zero-order valence-corrected chi connectivity index (χ0v) is 13.1. The van der Waals surface area contributed by atoms with Gasteiger partial charge in [-0.3, -0.25) is 4.99 Å². The van der Waals surface area contributed by atoms with Gasteiger partial charge in [-0.25, -0.2) is 4.79 Å². The number of carboxylic acids is 1. The number of hydrogen-bond acceptors (Lipinski definition) is 3. The molecule has 0 saturated carbocycles. The highest BCUT2D eigenvalue weighted by Crippen LogP contribution is 2.18. The van der Waals surface area contributed by atoms with Crippen molar-refractivity contribution in [3.8, 4) is 11.4 Å². The topological polar surface area (TPSA) is 63.8 Å². The highest BCUT2D eigenvalue weighted by atomic mass is 16.5. The fourth-order valence-electron chi connectivity index (χ4n) is 2.31. The quantitative estimate of drug-likeness (QED) is 0.724. The van der Waals surface area contributed by atoms with Gasteiger partial charge in [0.1, 0.15) is 5.75 Å². The molecular formula is C19H16N2O3. The number of methoxy groups -OCH3 is 1. The van der Waals surface area contributed by atoms with Crippen LogP contribution in [0.5, 0.6) is 5.75 Å². The number of hydrogen-bond donors (Lipinski definition) is 1. The first-order valence-electron chi connectivity index (χ1n) is 7.36. The van der Waals surface area contributed by atoms with Crippen molar-refractivity contribution in [2.75, 3.05) is 7.11 Å². The molecule has 0 bridgehead atoms. The molecular weight excluding hydrogens is 304 g/mol. The predicted molar refractivity (Wildman–Crippen MR) is 93.0 cm³/mol. The van der Waals surface area contributed by atoms with Crippen LogP contribution in [0.2, 0.25) is 0 Å². The number of carbonyl (C=O) groups is 1. The molecule has 0 radical (unpaired) electrons. The Kier molecular flexibility index (Phi) is 4.43. The summed E-state index contributed by atoms with van der Waals surface area (Å²) in [5, 5.41) is 8.90. The number of aromatic carboxylic acids is 1. The highest BCUT2D eigenvalue weighted by molar-refractivity contribution is 5.88. The summed E-state index contributed by atoms with van der Waals surface area (Å²) in [4.78, 5) is 15.3. The van der Waals surface area contributed by atoms with Crippen molar-refractivity contribution in [1.29, 1.82) is 0 Å². The number of benzene rings is 2. The van der Waals surface area contributed by atoms with Crippen LogP contribution in [0.3, 0.4) is 0 Å². The van der Waals surface area contributed by atoms with Crippen molar-refractivity contribution in [3.63, 3.8) is 0 Å². The van der Waals surface area contributed by atoms with Gasteiger partial charge < -0.3 is 14.4 Å². The Morgan fingerprint density at radius 2 is 1.79 bits per heavy atom. The van der Waals surface area contributed by atoms with Gasteiger partial charge in [0.25, 0.3) is 0 Å². The largest absolute Gasteiger partial charge is 0.497 e. The van der Waals surface area contributed by atoms with Crippen molar-refractivity contribution < 1.29 is 14.6 Å². The van der Waals surface area contributed by atoms with E-state index in [1.165, 1.54) is 12.1 Å². The Labute approximate surface area is 139 Å². The summed E-state index contributed by atoms with van der Waals surface area (Å²) in [6.45, 7) is 0. The minimum atomic E-state index is -0.945. The van der Waals surface area contributed by atoms with Gasteiger partial charge in [-0.1, -0.05) is 0 Å². The molecule has 0 aliphatic heterocycles. The van der Waals surface area contributed by atoms with Crippen LogP contribution in [0.25, 0.3) is 5.69 Å². The van der Waals surface area contributed by atoms with E-state index in [9.17, 15) is 4.79 Å². The predicted octanol–water partition coefficient (Wildman–Crippen LogP) is 3.93. The molecule has 1 heterocycles. The molecule has 3 rings (SSSR count). The first-order chi connectivity index (χ1) is 11.7. The summed E-state index contributed by atoms with van der Waals surface area (Å²) >= 11 is 0. The molecule has 5 heteroatoms. The lowest BCUT2D eigenvalue weighted by molar-refractivity contribution is 0.0697. The number of ether oxygens (including phenoxy) is 1. The van der Waals surface area contributed by atoms with Crippen LogP contribution in [0, 0.1) is 0 Å². The zero-order valence-electron chi connectivity index (χ0n) is 13.1. The maximum absolute atomic E-state index is 10.9. The van der Waals surface area contributed by atoms with E-state index in [0.717, 1.165) is 17.1 Å². The summed E-state index contributed by atoms with van der Waals surface area (Å²) < 4.78 is 7.18. The van der Waals surface area contributed by atoms with Gasteiger partial charge in [0.05, 0.1) is 30.3 Å². The first-order valence-corrected chi connectivity index (χ1v) is 7.36. The molecule has 0 aliphatic carbocycles. The van der Waals surface area contributed by atoms with Crippen LogP contribution in [0.4, 0.5) is 5.69 Å². The molecule has 0 amide bonds. The average Bonchev–Trinajstić information content (AvgIpc) is 3.09. The molecule has 1 aromatic heterocycles. The molecule has 5 nitrogen and oxygen atoms in total. The summed E-state index contributed by atoms with van der Waals surface area (Å²) in [6, 6.07) is 18.1. The van der Waals surface area contributed by atoms with E-state index >= 15 is 0 Å². The van der Waals surface area contributed by atoms with Gasteiger partial charge in [0.15, 0.2) is 0 Å². The van der Waals surface area contributed by atoms with Crippen molar-refractivity contribution in [2.24, 2.45) is 4.99 Å². The van der Waals surface area contributed by atoms with Crippen LogP contribution in [0.15, 0.2) is 71.9 Å². The van der Waals surface area contributed by atoms with Crippen LogP contribution in [-0.2, 0) is 0 Å². The van der Waals surface area contributed by atoms with E-state index in [1.807, 2.05) is 47.2 Å². The van der Waals surface area contributed by atoms with E-state index in [-0.39, 0.29) is 5.56 Å². The van der Waals surface area contributed by atoms with Crippen molar-refractivity contribution in [1.82, 2.24) is 4.57 Å². The summed E-state index contributed by atoms with van der Waals surface area (Å²) in [7, 11) is 1.64. The Bertz CT molecular complexity index is 862. The average molecular weight is 320 g/mol. The Morgan fingerprint density at radius 3 is 2.42 bits per heavy atom. The summed E-state index contributed by atoms with van der Waals surface area (Å²) in [5.74, 6) is -0.140. The Balaban J connectivity index is 1.83. The van der Waals surface area contributed by atoms with Crippen molar-refractivity contribution in [3.05, 3.63) is 78.1 Å². The van der Waals surface area contributed by atoms with Crippen LogP contribution in [-0.4, -0.2) is 29.0 Å². The monoisotopic (exact) mass is 320 g/mol. The lowest BCUT2D eigenvalue weighted by atomic mass is 10.2. The molecule has 0 spiro atoms. The van der Waals surface area contributed by atoms with E-state index in [1.54, 1.807) is 25.5 Å². The molecule has 2 aromatic carbocycles. The normalized spacial score (nSPS) is 10.9. The summed E-state index contributed by atoms with van der Waals surface area (Å²) in [6.07, 6.45) is 3.71. The van der Waals surface area contributed by atoms with E-state index in [0.29, 0.717) is 5.69 Å². The number of aromatic nitrogens is 1. The van der Waals surface area contributed by atoms with E-state index in [2.05, 4.69) is 4.99 Å². The molecule has 0 aliphatic rings. The maximum Gasteiger partial charge on any atom is 0.335 e. The fourth-order valence-corrected chi connectivity index (χ4v) is 2.31. The number of rotatable bonds is 5. The molecule has 1 N–H and O–H groups in total. The number of carboxylic acid groups (broad SMARTS) is 1. The van der Waals surface area contributed by atoms with Crippen molar-refractivity contribution >= 4 is 17.9 Å². The third-order valence-electron chi connectivity index (χ3n) is 3.59. The molecule has 3 aromatic rings. The van der Waals surface area contributed by atoms with Crippen LogP contribution >= 0.6 is 0 Å². The van der Waals surface area contributed by atoms with Crippen LogP contribution in [0.1, 0.15) is 16.1 Å². The molecule has 0 unspecified atom stereocenters. The van der Waals surface area contributed by atoms with E-state index < -0.39 is 5.97 Å². The zero-order chi connectivity index (χ0) is 16.9. The third kappa shape index (κ3) is 3.35. The lowest BCUT2D eigenvalue weighted by Gasteiger charge is -2.07. The smallest absolute Gasteiger partial charge is 0.335 e. The van der Waals surface area contributed by atoms with Crippen molar-refractivity contribution in [2.45, 2.75) is 0 Å². The Morgan fingerprint density at radius 1 is 1.08 bits per heavy atom.